The third-order valence-electron chi connectivity index (χ3n) is 5.44. The molecule has 1 aliphatic heterocycles. The topological polar surface area (TPSA) is 78.0 Å². The Hall–Kier alpha value is -1.55. The Kier molecular flexibility index (Phi) is 11.4. The number of halogens is 1. The van der Waals surface area contributed by atoms with Gasteiger partial charge in [0.25, 0.3) is 5.91 Å². The van der Waals surface area contributed by atoms with Crippen LogP contribution in [0.4, 0.5) is 0 Å². The summed E-state index contributed by atoms with van der Waals surface area (Å²) in [6.45, 7) is 9.28. The summed E-state index contributed by atoms with van der Waals surface area (Å²) in [7, 11) is 0. The zero-order chi connectivity index (χ0) is 21.2. The van der Waals surface area contributed by atoms with Crippen LogP contribution in [-0.4, -0.2) is 61.6 Å². The van der Waals surface area contributed by atoms with E-state index in [1.807, 2.05) is 24.3 Å². The maximum absolute atomic E-state index is 11.8. The van der Waals surface area contributed by atoms with Crippen molar-refractivity contribution in [2.75, 3.05) is 32.8 Å². The maximum Gasteiger partial charge on any atom is 0.258 e. The van der Waals surface area contributed by atoms with E-state index >= 15 is 0 Å². The van der Waals surface area contributed by atoms with Gasteiger partial charge in [-0.15, -0.1) is 24.0 Å². The molecule has 1 saturated carbocycles. The zero-order valence-electron chi connectivity index (χ0n) is 18.9. The minimum absolute atomic E-state index is 0. The van der Waals surface area contributed by atoms with E-state index in [2.05, 4.69) is 34.7 Å². The van der Waals surface area contributed by atoms with Crippen LogP contribution in [0.5, 0.6) is 5.75 Å². The molecule has 2 aliphatic rings. The van der Waals surface area contributed by atoms with Crippen LogP contribution in [0, 0.1) is 0 Å². The summed E-state index contributed by atoms with van der Waals surface area (Å²) in [6, 6.07) is 8.65. The Morgan fingerprint density at radius 1 is 1.13 bits per heavy atom. The largest absolute Gasteiger partial charge is 0.484 e. The number of rotatable bonds is 10. The number of hydrogen-bond acceptors (Lipinski definition) is 4. The number of nitrogens with zero attached hydrogens (tertiary/aromatic N) is 2. The molecule has 1 aliphatic carbocycles. The molecule has 1 aromatic rings. The van der Waals surface area contributed by atoms with Gasteiger partial charge in [0, 0.05) is 31.7 Å². The number of carbonyl (C=O) groups is 1. The predicted molar refractivity (Wildman–Crippen MR) is 136 cm³/mol. The summed E-state index contributed by atoms with van der Waals surface area (Å²) in [5, 5.41) is 9.89. The summed E-state index contributed by atoms with van der Waals surface area (Å²) in [4.78, 5) is 19.1. The van der Waals surface area contributed by atoms with Gasteiger partial charge >= 0.3 is 0 Å². The molecule has 174 valence electrons. The first-order chi connectivity index (χ1) is 14.7. The van der Waals surface area contributed by atoms with Crippen LogP contribution in [-0.2, 0) is 11.3 Å². The smallest absolute Gasteiger partial charge is 0.258 e. The van der Waals surface area contributed by atoms with Gasteiger partial charge < -0.3 is 25.6 Å². The van der Waals surface area contributed by atoms with Crippen molar-refractivity contribution in [2.45, 2.75) is 64.6 Å². The second-order valence-electron chi connectivity index (χ2n) is 8.23. The van der Waals surface area contributed by atoms with E-state index < -0.39 is 0 Å². The molecule has 0 aromatic heterocycles. The van der Waals surface area contributed by atoms with Gasteiger partial charge in [0.15, 0.2) is 12.6 Å². The molecule has 0 spiro atoms. The van der Waals surface area contributed by atoms with Crippen molar-refractivity contribution >= 4 is 35.8 Å². The molecule has 31 heavy (non-hydrogen) atoms. The molecule has 1 saturated heterocycles. The van der Waals surface area contributed by atoms with E-state index in [1.165, 1.54) is 13.0 Å². The number of hydrogen-bond donors (Lipinski definition) is 3. The van der Waals surface area contributed by atoms with Crippen LogP contribution in [0.25, 0.3) is 0 Å². The fourth-order valence-electron chi connectivity index (χ4n) is 3.68. The van der Waals surface area contributed by atoms with Crippen LogP contribution in [0.1, 0.15) is 51.5 Å². The predicted octanol–water partition coefficient (Wildman–Crippen LogP) is 2.89. The van der Waals surface area contributed by atoms with Gasteiger partial charge in [-0.05, 0) is 63.3 Å². The number of ether oxygens (including phenoxy) is 1. The van der Waals surface area contributed by atoms with Crippen molar-refractivity contribution in [2.24, 2.45) is 4.99 Å². The Balaban J connectivity index is 0.00000341. The van der Waals surface area contributed by atoms with Gasteiger partial charge in [-0.25, -0.2) is 4.99 Å². The molecule has 7 nitrogen and oxygen atoms in total. The van der Waals surface area contributed by atoms with Gasteiger partial charge in [0.1, 0.15) is 5.75 Å². The minimum Gasteiger partial charge on any atom is -0.484 e. The lowest BCUT2D eigenvalue weighted by molar-refractivity contribution is -0.123. The van der Waals surface area contributed by atoms with Crippen molar-refractivity contribution in [1.82, 2.24) is 20.9 Å². The van der Waals surface area contributed by atoms with E-state index in [9.17, 15) is 4.79 Å². The molecule has 3 N–H and O–H groups in total. The summed E-state index contributed by atoms with van der Waals surface area (Å²) in [5.41, 5.74) is 1.06. The SMILES string of the molecule is CCCN1CCC(NC(=NCc2cccc(OCC(=O)NC3CC3)c2)NCC)CC1.I. The first-order valence-corrected chi connectivity index (χ1v) is 11.4. The molecule has 0 unspecified atom stereocenters. The molecule has 3 rings (SSSR count). The first kappa shape index (κ1) is 25.7. The van der Waals surface area contributed by atoms with E-state index in [4.69, 9.17) is 9.73 Å². The van der Waals surface area contributed by atoms with Crippen molar-refractivity contribution in [3.05, 3.63) is 29.8 Å². The highest BCUT2D eigenvalue weighted by Crippen LogP contribution is 2.19. The first-order valence-electron chi connectivity index (χ1n) is 11.4. The quantitative estimate of drug-likeness (QED) is 0.241. The number of nitrogens with one attached hydrogen (secondary N) is 3. The fourth-order valence-corrected chi connectivity index (χ4v) is 3.68. The molecule has 8 heteroatoms. The molecule has 1 heterocycles. The van der Waals surface area contributed by atoms with E-state index in [0.29, 0.717) is 24.4 Å². The number of carbonyl (C=O) groups excluding carboxylic acids is 1. The lowest BCUT2D eigenvalue weighted by Gasteiger charge is -2.32. The molecule has 0 atom stereocenters. The highest BCUT2D eigenvalue weighted by atomic mass is 127. The fraction of sp³-hybridized carbons (Fsp3) is 0.652. The Labute approximate surface area is 203 Å². The molecular weight excluding hydrogens is 505 g/mol. The van der Waals surface area contributed by atoms with Crippen molar-refractivity contribution in [3.8, 4) is 5.75 Å². The van der Waals surface area contributed by atoms with E-state index in [1.54, 1.807) is 0 Å². The highest BCUT2D eigenvalue weighted by Gasteiger charge is 2.23. The zero-order valence-corrected chi connectivity index (χ0v) is 21.2. The molecule has 0 bridgehead atoms. The molecule has 2 fully saturated rings. The molecular formula is C23H38IN5O2. The summed E-state index contributed by atoms with van der Waals surface area (Å²) in [5.74, 6) is 1.51. The molecule has 1 amide bonds. The van der Waals surface area contributed by atoms with Crippen LogP contribution in [0.3, 0.4) is 0 Å². The molecule has 1 aromatic carbocycles. The van der Waals surface area contributed by atoms with Crippen LogP contribution in [0.2, 0.25) is 0 Å². The second kappa shape index (κ2) is 13.8. The number of aliphatic imine (C=N–C) groups is 1. The Morgan fingerprint density at radius 2 is 1.87 bits per heavy atom. The summed E-state index contributed by atoms with van der Waals surface area (Å²) >= 11 is 0. The van der Waals surface area contributed by atoms with Gasteiger partial charge in [0.05, 0.1) is 6.54 Å². The van der Waals surface area contributed by atoms with Crippen LogP contribution < -0.4 is 20.7 Å². The summed E-state index contributed by atoms with van der Waals surface area (Å²) < 4.78 is 5.65. The van der Waals surface area contributed by atoms with Crippen LogP contribution in [0.15, 0.2) is 29.3 Å². The van der Waals surface area contributed by atoms with Crippen LogP contribution >= 0.6 is 24.0 Å². The number of benzene rings is 1. The number of guanidine groups is 1. The standard InChI is InChI=1S/C23H37N5O2.HI/c1-3-12-28-13-10-20(11-14-28)27-23(24-4-2)25-16-18-6-5-7-21(15-18)30-17-22(29)26-19-8-9-19;/h5-7,15,19-20H,3-4,8-14,16-17H2,1-2H3,(H,26,29)(H2,24,25,27);1H. The minimum atomic E-state index is -0.0514. The maximum atomic E-state index is 11.8. The van der Waals surface area contributed by atoms with E-state index in [-0.39, 0.29) is 36.5 Å². The van der Waals surface area contributed by atoms with Gasteiger partial charge in [-0.3, -0.25) is 4.79 Å². The van der Waals surface area contributed by atoms with Gasteiger partial charge in [-0.2, -0.15) is 0 Å². The lowest BCUT2D eigenvalue weighted by Crippen LogP contribution is -2.48. The van der Waals surface area contributed by atoms with E-state index in [0.717, 1.165) is 56.8 Å². The monoisotopic (exact) mass is 543 g/mol. The normalized spacial score (nSPS) is 17.5. The highest BCUT2D eigenvalue weighted by molar-refractivity contribution is 14.0. The van der Waals surface area contributed by atoms with Crippen molar-refractivity contribution < 1.29 is 9.53 Å². The van der Waals surface area contributed by atoms with Gasteiger partial charge in [-0.1, -0.05) is 19.1 Å². The third-order valence-corrected chi connectivity index (χ3v) is 5.44. The Morgan fingerprint density at radius 3 is 2.55 bits per heavy atom. The number of likely N-dealkylation sites (tertiary alicyclic amines) is 1. The van der Waals surface area contributed by atoms with Gasteiger partial charge in [0.2, 0.25) is 0 Å². The third kappa shape index (κ3) is 9.64. The average molecular weight is 543 g/mol. The van der Waals surface area contributed by atoms with Crippen molar-refractivity contribution in [3.63, 3.8) is 0 Å². The summed E-state index contributed by atoms with van der Waals surface area (Å²) in [6.07, 6.45) is 5.68. The lowest BCUT2D eigenvalue weighted by atomic mass is 10.1. The Bertz CT molecular complexity index is 703. The number of amides is 1. The van der Waals surface area contributed by atoms with Crippen molar-refractivity contribution in [1.29, 1.82) is 0 Å². The molecule has 0 radical (unpaired) electrons. The average Bonchev–Trinajstić information content (AvgIpc) is 3.56. The second-order valence-corrected chi connectivity index (χ2v) is 8.23. The number of piperidine rings is 1.